The molecule has 0 unspecified atom stereocenters. The van der Waals surface area contributed by atoms with Crippen LogP contribution >= 0.6 is 11.6 Å². The Hall–Kier alpha value is -2.30. The van der Waals surface area contributed by atoms with E-state index >= 15 is 0 Å². The van der Waals surface area contributed by atoms with Crippen molar-refractivity contribution in [3.05, 3.63) is 76.3 Å². The predicted octanol–water partition coefficient (Wildman–Crippen LogP) is 6.58. The lowest BCUT2D eigenvalue weighted by atomic mass is 9.75. The number of carboxylic acids is 1. The van der Waals surface area contributed by atoms with E-state index in [1.807, 2.05) is 50.2 Å². The average molecular weight is 443 g/mol. The second-order valence-corrected chi connectivity index (χ2v) is 8.68. The summed E-state index contributed by atoms with van der Waals surface area (Å²) in [6.07, 6.45) is 1.18. The average Bonchev–Trinajstić information content (AvgIpc) is 2.73. The van der Waals surface area contributed by atoms with Gasteiger partial charge in [-0.1, -0.05) is 48.0 Å². The number of aliphatic carboxylic acids is 1. The van der Waals surface area contributed by atoms with E-state index in [4.69, 9.17) is 26.2 Å². The van der Waals surface area contributed by atoms with Crippen molar-refractivity contribution in [3.8, 4) is 5.75 Å². The molecule has 2 aromatic rings. The topological polar surface area (TPSA) is 55.8 Å². The monoisotopic (exact) mass is 442 g/mol. The van der Waals surface area contributed by atoms with Crippen molar-refractivity contribution in [1.29, 1.82) is 0 Å². The minimum Gasteiger partial charge on any atom is -0.493 e. The Morgan fingerprint density at radius 3 is 2.65 bits per heavy atom. The smallest absolute Gasteiger partial charge is 0.303 e. The van der Waals surface area contributed by atoms with Gasteiger partial charge in [-0.05, 0) is 62.9 Å². The van der Waals surface area contributed by atoms with Gasteiger partial charge in [-0.25, -0.2) is 0 Å². The standard InChI is InChI=1S/C26H31ClO4/c1-5-30-24-12-10-18(11-13-25(28)29)14-22(24)26-20(16(2)3)15-21(17(4)31-26)19-8-6-7-9-23(19)27/h6-10,12,14,17,20-21,26H,2,5,11,13,15H2,1,3-4H3,(H,28,29)/t17-,20-,21+,26+/m1/s1. The molecule has 5 heteroatoms. The third-order valence-electron chi connectivity index (χ3n) is 6.05. The van der Waals surface area contributed by atoms with Gasteiger partial charge in [-0.15, -0.1) is 0 Å². The molecule has 1 aliphatic rings. The molecule has 0 aromatic heterocycles. The molecule has 1 N–H and O–H groups in total. The van der Waals surface area contributed by atoms with E-state index in [1.165, 1.54) is 0 Å². The van der Waals surface area contributed by atoms with Crippen molar-refractivity contribution in [2.45, 2.75) is 58.2 Å². The molecule has 4 atom stereocenters. The van der Waals surface area contributed by atoms with E-state index in [1.54, 1.807) is 0 Å². The van der Waals surface area contributed by atoms with Gasteiger partial charge in [0.05, 0.1) is 18.8 Å². The van der Waals surface area contributed by atoms with Gasteiger partial charge in [0.1, 0.15) is 5.75 Å². The molecule has 4 nitrogen and oxygen atoms in total. The SMILES string of the molecule is C=C(C)[C@H]1C[C@H](c2ccccc2Cl)[C@@H](C)O[C@@H]1c1cc(CCC(=O)O)ccc1OCC. The first kappa shape index (κ1) is 23.4. The normalized spacial score (nSPS) is 23.4. The molecule has 0 bridgehead atoms. The van der Waals surface area contributed by atoms with Gasteiger partial charge in [0.25, 0.3) is 0 Å². The van der Waals surface area contributed by atoms with Crippen LogP contribution in [-0.4, -0.2) is 23.8 Å². The fourth-order valence-electron chi connectivity index (χ4n) is 4.43. The van der Waals surface area contributed by atoms with E-state index in [-0.39, 0.29) is 30.5 Å². The highest BCUT2D eigenvalue weighted by molar-refractivity contribution is 6.31. The fourth-order valence-corrected chi connectivity index (χ4v) is 4.70. The summed E-state index contributed by atoms with van der Waals surface area (Å²) in [7, 11) is 0. The number of hydrogen-bond donors (Lipinski definition) is 1. The molecular formula is C26H31ClO4. The second-order valence-electron chi connectivity index (χ2n) is 8.28. The third kappa shape index (κ3) is 5.50. The lowest BCUT2D eigenvalue weighted by molar-refractivity contribution is -0.136. The molecule has 0 amide bonds. The van der Waals surface area contributed by atoms with E-state index in [0.29, 0.717) is 13.0 Å². The lowest BCUT2D eigenvalue weighted by Crippen LogP contribution is -2.34. The number of hydrogen-bond acceptors (Lipinski definition) is 3. The summed E-state index contributed by atoms with van der Waals surface area (Å²) in [4.78, 5) is 11.0. The molecular weight excluding hydrogens is 412 g/mol. The molecule has 0 spiro atoms. The molecule has 166 valence electrons. The van der Waals surface area contributed by atoms with Gasteiger partial charge in [-0.3, -0.25) is 4.79 Å². The quantitative estimate of drug-likeness (QED) is 0.469. The van der Waals surface area contributed by atoms with Crippen molar-refractivity contribution in [2.24, 2.45) is 5.92 Å². The Balaban J connectivity index is 1.97. The molecule has 1 heterocycles. The Morgan fingerprint density at radius 1 is 1.26 bits per heavy atom. The van der Waals surface area contributed by atoms with Crippen LogP contribution in [0.1, 0.15) is 62.3 Å². The molecule has 2 aromatic carbocycles. The highest BCUT2D eigenvalue weighted by atomic mass is 35.5. The highest BCUT2D eigenvalue weighted by Gasteiger charge is 2.39. The zero-order valence-electron chi connectivity index (χ0n) is 18.4. The molecule has 31 heavy (non-hydrogen) atoms. The van der Waals surface area contributed by atoms with Gasteiger partial charge in [0.15, 0.2) is 0 Å². The summed E-state index contributed by atoms with van der Waals surface area (Å²) in [5.41, 5.74) is 4.07. The zero-order chi connectivity index (χ0) is 22.5. The Bertz CT molecular complexity index is 939. The first-order valence-corrected chi connectivity index (χ1v) is 11.2. The maximum Gasteiger partial charge on any atom is 0.303 e. The van der Waals surface area contributed by atoms with Gasteiger partial charge in [-0.2, -0.15) is 0 Å². The lowest BCUT2D eigenvalue weighted by Gasteiger charge is -2.42. The molecule has 1 fully saturated rings. The van der Waals surface area contributed by atoms with Crippen LogP contribution in [0.4, 0.5) is 0 Å². The van der Waals surface area contributed by atoms with Crippen molar-refractivity contribution in [2.75, 3.05) is 6.61 Å². The third-order valence-corrected chi connectivity index (χ3v) is 6.39. The number of aryl methyl sites for hydroxylation is 1. The second kappa shape index (κ2) is 10.3. The maximum atomic E-state index is 11.0. The Kier molecular flexibility index (Phi) is 7.79. The molecule has 1 saturated heterocycles. The highest BCUT2D eigenvalue weighted by Crippen LogP contribution is 2.49. The molecule has 1 aliphatic heterocycles. The fraction of sp³-hybridized carbons (Fsp3) is 0.423. The maximum absolute atomic E-state index is 11.0. The summed E-state index contributed by atoms with van der Waals surface area (Å²) < 4.78 is 12.5. The number of benzene rings is 2. The summed E-state index contributed by atoms with van der Waals surface area (Å²) in [6, 6.07) is 13.8. The molecule has 0 radical (unpaired) electrons. The predicted molar refractivity (Wildman–Crippen MR) is 124 cm³/mol. The van der Waals surface area contributed by atoms with Crippen LogP contribution in [0.5, 0.6) is 5.75 Å². The first-order valence-electron chi connectivity index (χ1n) is 10.8. The van der Waals surface area contributed by atoms with Crippen molar-refractivity contribution < 1.29 is 19.4 Å². The largest absolute Gasteiger partial charge is 0.493 e. The molecule has 0 saturated carbocycles. The van der Waals surface area contributed by atoms with Gasteiger partial charge in [0, 0.05) is 28.8 Å². The number of rotatable bonds is 8. The Labute approximate surface area is 189 Å². The number of halogens is 1. The van der Waals surface area contributed by atoms with Crippen LogP contribution in [-0.2, 0) is 16.0 Å². The van der Waals surface area contributed by atoms with Crippen LogP contribution < -0.4 is 4.74 Å². The van der Waals surface area contributed by atoms with E-state index in [2.05, 4.69) is 19.6 Å². The van der Waals surface area contributed by atoms with Crippen molar-refractivity contribution in [3.63, 3.8) is 0 Å². The minimum atomic E-state index is -0.805. The van der Waals surface area contributed by atoms with E-state index in [0.717, 1.165) is 39.5 Å². The number of ether oxygens (including phenoxy) is 2. The first-order chi connectivity index (χ1) is 14.8. The van der Waals surface area contributed by atoms with Crippen LogP contribution in [0.3, 0.4) is 0 Å². The summed E-state index contributed by atoms with van der Waals surface area (Å²) >= 11 is 6.51. The molecule has 3 rings (SSSR count). The van der Waals surface area contributed by atoms with Crippen LogP contribution in [0, 0.1) is 5.92 Å². The van der Waals surface area contributed by atoms with Crippen LogP contribution in [0.2, 0.25) is 5.02 Å². The van der Waals surface area contributed by atoms with Crippen molar-refractivity contribution in [1.82, 2.24) is 0 Å². The van der Waals surface area contributed by atoms with Crippen LogP contribution in [0.15, 0.2) is 54.6 Å². The minimum absolute atomic E-state index is 0.0438. The van der Waals surface area contributed by atoms with Gasteiger partial charge < -0.3 is 14.6 Å². The van der Waals surface area contributed by atoms with Gasteiger partial charge >= 0.3 is 5.97 Å². The Morgan fingerprint density at radius 2 is 2.00 bits per heavy atom. The van der Waals surface area contributed by atoms with Crippen molar-refractivity contribution >= 4 is 17.6 Å². The summed E-state index contributed by atoms with van der Waals surface area (Å²) in [5.74, 6) is 0.227. The summed E-state index contributed by atoms with van der Waals surface area (Å²) in [5, 5.41) is 9.83. The van der Waals surface area contributed by atoms with Gasteiger partial charge in [0.2, 0.25) is 0 Å². The van der Waals surface area contributed by atoms with Crippen LogP contribution in [0.25, 0.3) is 0 Å². The zero-order valence-corrected chi connectivity index (χ0v) is 19.2. The number of carboxylic acid groups (broad SMARTS) is 1. The van der Waals surface area contributed by atoms with E-state index < -0.39 is 5.97 Å². The molecule has 0 aliphatic carbocycles. The number of carbonyl (C=O) groups is 1. The van der Waals surface area contributed by atoms with E-state index in [9.17, 15) is 4.79 Å². The summed E-state index contributed by atoms with van der Waals surface area (Å²) in [6.45, 7) is 10.9.